The number of hydrogen-bond acceptors (Lipinski definition) is 4. The molecule has 8 heteroatoms. The maximum Gasteiger partial charge on any atom is 0.244 e. The molecular weight excluding hydrogens is 486 g/mol. The van der Waals surface area contributed by atoms with Gasteiger partial charge in [0.1, 0.15) is 12.6 Å². The summed E-state index contributed by atoms with van der Waals surface area (Å²) in [6.45, 7) is 13.8. The Morgan fingerprint density at radius 3 is 2.11 bits per heavy atom. The van der Waals surface area contributed by atoms with E-state index < -0.39 is 28.5 Å². The van der Waals surface area contributed by atoms with Crippen molar-refractivity contribution in [3.8, 4) is 0 Å². The Morgan fingerprint density at radius 1 is 1.00 bits per heavy atom. The number of rotatable bonds is 11. The monoisotopic (exact) mass is 529 g/mol. The Morgan fingerprint density at radius 2 is 1.62 bits per heavy atom. The van der Waals surface area contributed by atoms with Crippen molar-refractivity contribution in [2.45, 2.75) is 85.4 Å². The largest absolute Gasteiger partial charge is 0.352 e. The standard InChI is InChI=1S/C29H43N3O4S/c1-9-22(4)30-28(34)26(10-2)31(19-23-13-11-12-21(3)18-23)27(33)20-32(37(8,35)36)25-16-14-24(15-17-25)29(5,6)7/h11-18,22,26H,9-10,19-20H2,1-8H3,(H,30,34)/t22-,26-/m1/s1. The SMILES string of the molecule is CC[C@@H](C)NC(=O)[C@@H](CC)N(Cc1cccc(C)c1)C(=O)CN(c1ccc(C(C)(C)C)cc1)S(C)(=O)=O. The second kappa shape index (κ2) is 12.6. The zero-order valence-corrected chi connectivity index (χ0v) is 24.4. The van der Waals surface area contributed by atoms with Crippen LogP contribution in [0, 0.1) is 6.92 Å². The molecule has 0 aliphatic heterocycles. The van der Waals surface area contributed by atoms with Gasteiger partial charge in [0.05, 0.1) is 11.9 Å². The number of carbonyl (C=O) groups is 2. The van der Waals surface area contributed by atoms with Gasteiger partial charge in [-0.05, 0) is 55.4 Å². The van der Waals surface area contributed by atoms with Gasteiger partial charge in [-0.2, -0.15) is 0 Å². The number of hydrogen-bond donors (Lipinski definition) is 1. The zero-order valence-electron chi connectivity index (χ0n) is 23.5. The third-order valence-corrected chi connectivity index (χ3v) is 7.66. The summed E-state index contributed by atoms with van der Waals surface area (Å²) in [5, 5.41) is 2.98. The van der Waals surface area contributed by atoms with Crippen molar-refractivity contribution >= 4 is 27.5 Å². The van der Waals surface area contributed by atoms with Crippen molar-refractivity contribution < 1.29 is 18.0 Å². The van der Waals surface area contributed by atoms with Crippen molar-refractivity contribution in [3.63, 3.8) is 0 Å². The van der Waals surface area contributed by atoms with Crippen LogP contribution in [0.3, 0.4) is 0 Å². The van der Waals surface area contributed by atoms with Gasteiger partial charge in [-0.15, -0.1) is 0 Å². The highest BCUT2D eigenvalue weighted by Crippen LogP contribution is 2.26. The number of anilines is 1. The quantitative estimate of drug-likeness (QED) is 0.454. The molecule has 7 nitrogen and oxygen atoms in total. The molecular formula is C29H43N3O4S. The van der Waals surface area contributed by atoms with Crippen LogP contribution in [0.4, 0.5) is 5.69 Å². The summed E-state index contributed by atoms with van der Waals surface area (Å²) in [6, 6.07) is 14.2. The van der Waals surface area contributed by atoms with Gasteiger partial charge < -0.3 is 10.2 Å². The summed E-state index contributed by atoms with van der Waals surface area (Å²) in [6.07, 6.45) is 2.26. The summed E-state index contributed by atoms with van der Waals surface area (Å²) in [7, 11) is -3.76. The highest BCUT2D eigenvalue weighted by atomic mass is 32.2. The van der Waals surface area contributed by atoms with Crippen LogP contribution in [-0.2, 0) is 31.6 Å². The highest BCUT2D eigenvalue weighted by Gasteiger charge is 2.32. The molecule has 0 aliphatic carbocycles. The Kier molecular flexibility index (Phi) is 10.3. The van der Waals surface area contributed by atoms with Gasteiger partial charge in [0.15, 0.2) is 0 Å². The van der Waals surface area contributed by atoms with Crippen LogP contribution in [0.15, 0.2) is 48.5 Å². The van der Waals surface area contributed by atoms with Crippen LogP contribution in [0.25, 0.3) is 0 Å². The van der Waals surface area contributed by atoms with E-state index in [4.69, 9.17) is 0 Å². The van der Waals surface area contributed by atoms with Gasteiger partial charge in [0.25, 0.3) is 0 Å². The predicted octanol–water partition coefficient (Wildman–Crippen LogP) is 4.78. The second-order valence-corrected chi connectivity index (χ2v) is 12.7. The van der Waals surface area contributed by atoms with E-state index in [9.17, 15) is 18.0 Å². The van der Waals surface area contributed by atoms with Crippen molar-refractivity contribution in [2.75, 3.05) is 17.1 Å². The number of nitrogens with one attached hydrogen (secondary N) is 1. The molecule has 0 spiro atoms. The average Bonchev–Trinajstić information content (AvgIpc) is 2.81. The smallest absolute Gasteiger partial charge is 0.244 e. The Hall–Kier alpha value is -2.87. The molecule has 0 saturated carbocycles. The number of amides is 2. The fraction of sp³-hybridized carbons (Fsp3) is 0.517. The van der Waals surface area contributed by atoms with E-state index in [-0.39, 0.29) is 23.9 Å². The van der Waals surface area contributed by atoms with E-state index in [2.05, 4.69) is 26.1 Å². The number of nitrogens with zero attached hydrogens (tertiary/aromatic N) is 2. The number of benzene rings is 2. The van der Waals surface area contributed by atoms with Crippen LogP contribution in [-0.4, -0.2) is 50.0 Å². The maximum absolute atomic E-state index is 13.8. The molecule has 204 valence electrons. The molecule has 0 radical (unpaired) electrons. The Bertz CT molecular complexity index is 1170. The van der Waals surface area contributed by atoms with Gasteiger partial charge >= 0.3 is 0 Å². The Labute approximate surface area is 223 Å². The van der Waals surface area contributed by atoms with Gasteiger partial charge in [-0.3, -0.25) is 13.9 Å². The molecule has 2 rings (SSSR count). The molecule has 2 aromatic rings. The molecule has 2 atom stereocenters. The van der Waals surface area contributed by atoms with E-state index in [0.717, 1.165) is 33.7 Å². The van der Waals surface area contributed by atoms with Crippen molar-refractivity contribution in [3.05, 3.63) is 65.2 Å². The highest BCUT2D eigenvalue weighted by molar-refractivity contribution is 7.92. The fourth-order valence-corrected chi connectivity index (χ4v) is 4.96. The lowest BCUT2D eigenvalue weighted by molar-refractivity contribution is -0.140. The van der Waals surface area contributed by atoms with Gasteiger partial charge in [-0.1, -0.05) is 76.6 Å². The van der Waals surface area contributed by atoms with E-state index in [1.165, 1.54) is 4.90 Å². The third kappa shape index (κ3) is 8.59. The average molecular weight is 530 g/mol. The number of carbonyl (C=O) groups excluding carboxylic acids is 2. The molecule has 0 unspecified atom stereocenters. The lowest BCUT2D eigenvalue weighted by Crippen LogP contribution is -2.53. The van der Waals surface area contributed by atoms with Gasteiger partial charge in [-0.25, -0.2) is 8.42 Å². The minimum absolute atomic E-state index is 0.0358. The first-order chi connectivity index (χ1) is 17.2. The van der Waals surface area contributed by atoms with Crippen molar-refractivity contribution in [2.24, 2.45) is 0 Å². The normalized spacial score (nSPS) is 13.5. The van der Waals surface area contributed by atoms with Gasteiger partial charge in [0.2, 0.25) is 21.8 Å². The maximum atomic E-state index is 13.8. The predicted molar refractivity (Wildman–Crippen MR) is 151 cm³/mol. The molecule has 2 amide bonds. The second-order valence-electron chi connectivity index (χ2n) is 10.8. The summed E-state index contributed by atoms with van der Waals surface area (Å²) < 4.78 is 26.7. The molecule has 0 heterocycles. The molecule has 0 aliphatic rings. The number of aryl methyl sites for hydroxylation is 1. The molecule has 2 aromatic carbocycles. The van der Waals surface area contributed by atoms with Crippen LogP contribution in [0.1, 0.15) is 71.1 Å². The Balaban J connectivity index is 2.45. The van der Waals surface area contributed by atoms with Crippen LogP contribution in [0.5, 0.6) is 0 Å². The van der Waals surface area contributed by atoms with Crippen LogP contribution < -0.4 is 9.62 Å². The lowest BCUT2D eigenvalue weighted by atomic mass is 9.87. The molecule has 0 saturated heterocycles. The van der Waals surface area contributed by atoms with Crippen molar-refractivity contribution in [1.82, 2.24) is 10.2 Å². The molecule has 1 N–H and O–H groups in total. The molecule has 37 heavy (non-hydrogen) atoms. The minimum Gasteiger partial charge on any atom is -0.352 e. The van der Waals surface area contributed by atoms with E-state index in [1.54, 1.807) is 12.1 Å². The van der Waals surface area contributed by atoms with Crippen LogP contribution in [0.2, 0.25) is 0 Å². The first kappa shape index (κ1) is 30.4. The fourth-order valence-electron chi connectivity index (χ4n) is 4.11. The topological polar surface area (TPSA) is 86.8 Å². The molecule has 0 aromatic heterocycles. The lowest BCUT2D eigenvalue weighted by Gasteiger charge is -2.33. The summed E-state index contributed by atoms with van der Waals surface area (Å²) >= 11 is 0. The van der Waals surface area contributed by atoms with E-state index in [1.807, 2.05) is 64.1 Å². The summed E-state index contributed by atoms with van der Waals surface area (Å²) in [5.41, 5.74) is 3.30. The van der Waals surface area contributed by atoms with Crippen molar-refractivity contribution in [1.29, 1.82) is 0 Å². The zero-order chi connectivity index (χ0) is 28.0. The molecule has 0 fully saturated rings. The summed E-state index contributed by atoms with van der Waals surface area (Å²) in [5.74, 6) is -0.670. The number of sulfonamides is 1. The first-order valence-corrected chi connectivity index (χ1v) is 14.8. The third-order valence-electron chi connectivity index (χ3n) is 6.52. The molecule has 0 bridgehead atoms. The van der Waals surface area contributed by atoms with Gasteiger partial charge in [0, 0.05) is 12.6 Å². The first-order valence-electron chi connectivity index (χ1n) is 12.9. The summed E-state index contributed by atoms with van der Waals surface area (Å²) in [4.78, 5) is 28.5. The minimum atomic E-state index is -3.76. The van der Waals surface area contributed by atoms with E-state index >= 15 is 0 Å². The van der Waals surface area contributed by atoms with Crippen LogP contribution >= 0.6 is 0 Å². The van der Waals surface area contributed by atoms with E-state index in [0.29, 0.717) is 12.1 Å².